The van der Waals surface area contributed by atoms with Crippen LogP contribution in [0.25, 0.3) is 0 Å². The van der Waals surface area contributed by atoms with Crippen molar-refractivity contribution in [3.8, 4) is 5.75 Å². The number of hydrogen-bond acceptors (Lipinski definition) is 3. The molecule has 0 aliphatic heterocycles. The molecule has 2 N–H and O–H groups in total. The lowest BCUT2D eigenvalue weighted by Gasteiger charge is -2.00. The van der Waals surface area contributed by atoms with Crippen LogP contribution in [-0.2, 0) is 0 Å². The largest absolute Gasteiger partial charge is 0.508 e. The zero-order chi connectivity index (χ0) is 8.81. The standard InChI is InChI=1S/C9H13NOS/c1-10-6-7-12-9-4-2-8(11)3-5-9/h2-5,10-11H,6-7H2,1H3. The molecule has 0 atom stereocenters. The summed E-state index contributed by atoms with van der Waals surface area (Å²) in [6.07, 6.45) is 0. The Morgan fingerprint density at radius 1 is 1.33 bits per heavy atom. The molecule has 0 spiro atoms. The second-order valence-electron chi connectivity index (χ2n) is 2.45. The average Bonchev–Trinajstić information content (AvgIpc) is 2.09. The first-order chi connectivity index (χ1) is 5.83. The summed E-state index contributed by atoms with van der Waals surface area (Å²) in [5, 5.41) is 12.1. The number of hydrogen-bond donors (Lipinski definition) is 2. The van der Waals surface area contributed by atoms with E-state index in [2.05, 4.69) is 5.32 Å². The fourth-order valence-corrected chi connectivity index (χ4v) is 1.68. The Morgan fingerprint density at radius 2 is 2.00 bits per heavy atom. The van der Waals surface area contributed by atoms with Crippen molar-refractivity contribution in [2.24, 2.45) is 0 Å². The van der Waals surface area contributed by atoms with Gasteiger partial charge in [0.05, 0.1) is 0 Å². The molecule has 0 saturated heterocycles. The maximum atomic E-state index is 9.01. The van der Waals surface area contributed by atoms with E-state index >= 15 is 0 Å². The molecule has 2 nitrogen and oxygen atoms in total. The van der Waals surface area contributed by atoms with E-state index in [9.17, 15) is 0 Å². The topological polar surface area (TPSA) is 32.3 Å². The van der Waals surface area contributed by atoms with Crippen molar-refractivity contribution >= 4 is 11.8 Å². The lowest BCUT2D eigenvalue weighted by Crippen LogP contribution is -2.09. The summed E-state index contributed by atoms with van der Waals surface area (Å²) in [4.78, 5) is 1.20. The molecule has 12 heavy (non-hydrogen) atoms. The van der Waals surface area contributed by atoms with Crippen LogP contribution in [0.2, 0.25) is 0 Å². The van der Waals surface area contributed by atoms with Crippen molar-refractivity contribution in [1.82, 2.24) is 5.32 Å². The lowest BCUT2D eigenvalue weighted by molar-refractivity contribution is 0.475. The minimum Gasteiger partial charge on any atom is -0.508 e. The van der Waals surface area contributed by atoms with Gasteiger partial charge >= 0.3 is 0 Å². The van der Waals surface area contributed by atoms with Crippen molar-refractivity contribution in [3.63, 3.8) is 0 Å². The molecule has 0 fully saturated rings. The zero-order valence-electron chi connectivity index (χ0n) is 7.08. The van der Waals surface area contributed by atoms with Crippen molar-refractivity contribution in [3.05, 3.63) is 24.3 Å². The molecule has 0 aliphatic carbocycles. The number of rotatable bonds is 4. The molecule has 3 heteroatoms. The summed E-state index contributed by atoms with van der Waals surface area (Å²) in [6.45, 7) is 1.01. The van der Waals surface area contributed by atoms with Crippen molar-refractivity contribution in [2.45, 2.75) is 4.90 Å². The highest BCUT2D eigenvalue weighted by atomic mass is 32.2. The number of phenols is 1. The van der Waals surface area contributed by atoms with Crippen LogP contribution >= 0.6 is 11.8 Å². The third kappa shape index (κ3) is 3.15. The van der Waals surface area contributed by atoms with Gasteiger partial charge < -0.3 is 10.4 Å². The van der Waals surface area contributed by atoms with Crippen LogP contribution in [0.15, 0.2) is 29.2 Å². The predicted molar refractivity (Wildman–Crippen MR) is 52.8 cm³/mol. The van der Waals surface area contributed by atoms with Gasteiger partial charge in [-0.2, -0.15) is 0 Å². The first kappa shape index (κ1) is 9.42. The monoisotopic (exact) mass is 183 g/mol. The van der Waals surface area contributed by atoms with Gasteiger partial charge in [0.2, 0.25) is 0 Å². The number of benzene rings is 1. The van der Waals surface area contributed by atoms with Crippen molar-refractivity contribution < 1.29 is 5.11 Å². The molecule has 1 rings (SSSR count). The van der Waals surface area contributed by atoms with Gasteiger partial charge in [-0.05, 0) is 31.3 Å². The Bertz CT molecular complexity index is 222. The van der Waals surface area contributed by atoms with E-state index in [0.29, 0.717) is 5.75 Å². The van der Waals surface area contributed by atoms with Crippen LogP contribution in [0, 0.1) is 0 Å². The number of aromatic hydroxyl groups is 1. The maximum Gasteiger partial charge on any atom is 0.115 e. The first-order valence-corrected chi connectivity index (χ1v) is 4.88. The van der Waals surface area contributed by atoms with Crippen molar-refractivity contribution in [1.29, 1.82) is 0 Å². The normalized spacial score (nSPS) is 10.1. The van der Waals surface area contributed by atoms with Gasteiger partial charge in [-0.1, -0.05) is 0 Å². The van der Waals surface area contributed by atoms with Gasteiger partial charge in [-0.15, -0.1) is 11.8 Å². The Morgan fingerprint density at radius 3 is 2.58 bits per heavy atom. The van der Waals surface area contributed by atoms with Crippen molar-refractivity contribution in [2.75, 3.05) is 19.3 Å². The van der Waals surface area contributed by atoms with E-state index in [0.717, 1.165) is 12.3 Å². The molecule has 0 saturated carbocycles. The van der Waals surface area contributed by atoms with Gasteiger partial charge in [0, 0.05) is 17.2 Å². The van der Waals surface area contributed by atoms with Gasteiger partial charge in [-0.25, -0.2) is 0 Å². The Hall–Kier alpha value is -0.670. The minimum absolute atomic E-state index is 0.327. The maximum absolute atomic E-state index is 9.01. The molecular weight excluding hydrogens is 170 g/mol. The molecule has 1 aromatic carbocycles. The summed E-state index contributed by atoms with van der Waals surface area (Å²) < 4.78 is 0. The van der Waals surface area contributed by atoms with E-state index in [4.69, 9.17) is 5.11 Å². The Labute approximate surface area is 77.0 Å². The smallest absolute Gasteiger partial charge is 0.115 e. The fourth-order valence-electron chi connectivity index (χ4n) is 0.813. The zero-order valence-corrected chi connectivity index (χ0v) is 7.90. The third-order valence-electron chi connectivity index (χ3n) is 1.46. The third-order valence-corrected chi connectivity index (χ3v) is 2.47. The van der Waals surface area contributed by atoms with Gasteiger partial charge in [-0.3, -0.25) is 0 Å². The van der Waals surface area contributed by atoms with E-state index in [1.807, 2.05) is 19.2 Å². The molecule has 1 aromatic rings. The summed E-state index contributed by atoms with van der Waals surface area (Å²) >= 11 is 1.78. The Kier molecular flexibility index (Phi) is 3.97. The Balaban J connectivity index is 2.37. The summed E-state index contributed by atoms with van der Waals surface area (Å²) in [5.74, 6) is 1.38. The second-order valence-corrected chi connectivity index (χ2v) is 3.61. The van der Waals surface area contributed by atoms with E-state index in [1.165, 1.54) is 4.90 Å². The van der Waals surface area contributed by atoms with E-state index < -0.39 is 0 Å². The molecule has 0 aliphatic rings. The minimum atomic E-state index is 0.327. The summed E-state index contributed by atoms with van der Waals surface area (Å²) in [7, 11) is 1.94. The number of phenolic OH excluding ortho intramolecular Hbond substituents is 1. The SMILES string of the molecule is CNCCSc1ccc(O)cc1. The number of nitrogens with one attached hydrogen (secondary N) is 1. The quantitative estimate of drug-likeness (QED) is 0.550. The van der Waals surface area contributed by atoms with Crippen LogP contribution in [-0.4, -0.2) is 24.5 Å². The molecule has 0 amide bonds. The molecule has 0 heterocycles. The summed E-state index contributed by atoms with van der Waals surface area (Å²) in [6, 6.07) is 7.27. The molecular formula is C9H13NOS. The molecule has 0 aromatic heterocycles. The van der Waals surface area contributed by atoms with Gasteiger partial charge in [0.25, 0.3) is 0 Å². The van der Waals surface area contributed by atoms with Crippen LogP contribution < -0.4 is 5.32 Å². The molecule has 0 unspecified atom stereocenters. The van der Waals surface area contributed by atoms with Gasteiger partial charge in [0.15, 0.2) is 0 Å². The predicted octanol–water partition coefficient (Wildman–Crippen LogP) is 1.70. The highest BCUT2D eigenvalue weighted by Gasteiger charge is 1.92. The average molecular weight is 183 g/mol. The molecule has 0 radical (unpaired) electrons. The van der Waals surface area contributed by atoms with E-state index in [-0.39, 0.29) is 0 Å². The second kappa shape index (κ2) is 5.06. The fraction of sp³-hybridized carbons (Fsp3) is 0.333. The van der Waals surface area contributed by atoms with Crippen LogP contribution in [0.4, 0.5) is 0 Å². The van der Waals surface area contributed by atoms with Crippen LogP contribution in [0.5, 0.6) is 5.75 Å². The number of thioether (sulfide) groups is 1. The summed E-state index contributed by atoms with van der Waals surface area (Å²) in [5.41, 5.74) is 0. The first-order valence-electron chi connectivity index (χ1n) is 3.89. The van der Waals surface area contributed by atoms with E-state index in [1.54, 1.807) is 23.9 Å². The lowest BCUT2D eigenvalue weighted by atomic mass is 10.3. The van der Waals surface area contributed by atoms with Crippen LogP contribution in [0.1, 0.15) is 0 Å². The van der Waals surface area contributed by atoms with Gasteiger partial charge in [0.1, 0.15) is 5.75 Å². The van der Waals surface area contributed by atoms with Crippen LogP contribution in [0.3, 0.4) is 0 Å². The highest BCUT2D eigenvalue weighted by Crippen LogP contribution is 2.19. The highest BCUT2D eigenvalue weighted by molar-refractivity contribution is 7.99. The molecule has 0 bridgehead atoms. The molecule has 66 valence electrons.